The number of fused-ring (bicyclic) bond motifs is 1. The minimum Gasteiger partial charge on any atom is -0.497 e. The first-order valence-electron chi connectivity index (χ1n) is 5.96. The topological polar surface area (TPSA) is 25.0 Å². The number of para-hydroxylation sites is 1. The molecule has 2 aromatic carbocycles. The number of methoxy groups -OCH3 is 1. The van der Waals surface area contributed by atoms with E-state index in [-0.39, 0.29) is 0 Å². The number of nitrogens with one attached hydrogen (secondary N) is 1. The lowest BCUT2D eigenvalue weighted by Crippen LogP contribution is -1.90. The summed E-state index contributed by atoms with van der Waals surface area (Å²) in [5, 5.41) is 1.21. The molecule has 2 heteroatoms. The predicted octanol–water partition coefficient (Wildman–Crippen LogP) is 3.57. The molecule has 89 valence electrons. The van der Waals surface area contributed by atoms with Crippen molar-refractivity contribution in [2.75, 3.05) is 7.11 Å². The summed E-state index contributed by atoms with van der Waals surface area (Å²) in [6, 6.07) is 16.5. The highest BCUT2D eigenvalue weighted by atomic mass is 16.5. The highest BCUT2D eigenvalue weighted by molar-refractivity contribution is 5.82. The summed E-state index contributed by atoms with van der Waals surface area (Å²) < 4.78 is 5.17. The summed E-state index contributed by atoms with van der Waals surface area (Å²) in [5.74, 6) is 0.894. The molecule has 3 rings (SSSR count). The van der Waals surface area contributed by atoms with Crippen molar-refractivity contribution in [2.24, 2.45) is 0 Å². The van der Waals surface area contributed by atoms with Crippen molar-refractivity contribution in [3.63, 3.8) is 0 Å². The van der Waals surface area contributed by atoms with Crippen LogP contribution >= 0.6 is 0 Å². The van der Waals surface area contributed by atoms with Gasteiger partial charge in [-0.25, -0.2) is 0 Å². The molecule has 3 aromatic rings. The predicted molar refractivity (Wildman–Crippen MR) is 72.9 cm³/mol. The molecule has 0 spiro atoms. The fourth-order valence-corrected chi connectivity index (χ4v) is 2.19. The SMILES string of the molecule is COc1ccc(Cc2cccc3c[c][nH]c23)cc1. The minimum absolute atomic E-state index is 0.894. The first-order chi connectivity index (χ1) is 8.86. The van der Waals surface area contributed by atoms with Crippen LogP contribution in [0.15, 0.2) is 48.5 Å². The van der Waals surface area contributed by atoms with E-state index < -0.39 is 0 Å². The Morgan fingerprint density at radius 3 is 2.72 bits per heavy atom. The van der Waals surface area contributed by atoms with Crippen LogP contribution in [0.4, 0.5) is 0 Å². The highest BCUT2D eigenvalue weighted by Crippen LogP contribution is 2.21. The van der Waals surface area contributed by atoms with Crippen molar-refractivity contribution in [3.8, 4) is 5.75 Å². The molecule has 1 aromatic heterocycles. The molecule has 0 atom stereocenters. The van der Waals surface area contributed by atoms with E-state index >= 15 is 0 Å². The Bertz CT molecular complexity index is 652. The van der Waals surface area contributed by atoms with Gasteiger partial charge in [0.05, 0.1) is 13.3 Å². The maximum Gasteiger partial charge on any atom is 0.118 e. The van der Waals surface area contributed by atoms with Crippen molar-refractivity contribution >= 4 is 10.9 Å². The highest BCUT2D eigenvalue weighted by Gasteiger charge is 2.03. The standard InChI is InChI=1S/C16H14NO/c1-18-15-7-5-12(6-8-15)11-14-4-2-3-13-9-10-17-16(13)14/h2-9,17H,11H2,1H3. The van der Waals surface area contributed by atoms with Crippen molar-refractivity contribution < 1.29 is 4.74 Å². The van der Waals surface area contributed by atoms with Gasteiger partial charge >= 0.3 is 0 Å². The average molecular weight is 236 g/mol. The van der Waals surface area contributed by atoms with Crippen molar-refractivity contribution in [3.05, 3.63) is 65.9 Å². The van der Waals surface area contributed by atoms with E-state index in [4.69, 9.17) is 4.74 Å². The molecule has 0 saturated carbocycles. The maximum atomic E-state index is 5.17. The van der Waals surface area contributed by atoms with Crippen LogP contribution < -0.4 is 4.74 Å². The Morgan fingerprint density at radius 1 is 1.11 bits per heavy atom. The molecule has 0 saturated heterocycles. The zero-order chi connectivity index (χ0) is 12.4. The molecule has 0 fully saturated rings. The molecule has 0 aliphatic carbocycles. The summed E-state index contributed by atoms with van der Waals surface area (Å²) in [6.07, 6.45) is 3.95. The number of hydrogen-bond donors (Lipinski definition) is 1. The summed E-state index contributed by atoms with van der Waals surface area (Å²) in [5.41, 5.74) is 3.74. The third-order valence-electron chi connectivity index (χ3n) is 3.16. The zero-order valence-electron chi connectivity index (χ0n) is 10.2. The molecule has 0 amide bonds. The van der Waals surface area contributed by atoms with Crippen LogP contribution in [-0.4, -0.2) is 12.1 Å². The molecule has 0 aliphatic rings. The molecule has 1 N–H and O–H groups in total. The molecular weight excluding hydrogens is 222 g/mol. The van der Waals surface area contributed by atoms with Crippen LogP contribution in [-0.2, 0) is 6.42 Å². The second-order valence-corrected chi connectivity index (χ2v) is 4.32. The Labute approximate surface area is 106 Å². The number of aromatic nitrogens is 1. The van der Waals surface area contributed by atoms with Crippen LogP contribution in [0.3, 0.4) is 0 Å². The molecule has 18 heavy (non-hydrogen) atoms. The van der Waals surface area contributed by atoms with Crippen LogP contribution in [0.2, 0.25) is 0 Å². The van der Waals surface area contributed by atoms with Gasteiger partial charge in [0.15, 0.2) is 0 Å². The molecule has 0 bridgehead atoms. The quantitative estimate of drug-likeness (QED) is 0.739. The third-order valence-corrected chi connectivity index (χ3v) is 3.16. The Hall–Kier alpha value is -2.22. The second-order valence-electron chi connectivity index (χ2n) is 4.32. The Morgan fingerprint density at radius 2 is 1.94 bits per heavy atom. The van der Waals surface area contributed by atoms with E-state index in [1.54, 1.807) is 7.11 Å². The monoisotopic (exact) mass is 236 g/mol. The van der Waals surface area contributed by atoms with E-state index in [1.807, 2.05) is 18.2 Å². The molecule has 0 unspecified atom stereocenters. The fraction of sp³-hybridized carbons (Fsp3) is 0.125. The Balaban J connectivity index is 1.93. The lowest BCUT2D eigenvalue weighted by molar-refractivity contribution is 0.414. The normalized spacial score (nSPS) is 10.7. The summed E-state index contributed by atoms with van der Waals surface area (Å²) >= 11 is 0. The van der Waals surface area contributed by atoms with E-state index in [0.29, 0.717) is 0 Å². The molecule has 2 nitrogen and oxygen atoms in total. The summed E-state index contributed by atoms with van der Waals surface area (Å²) in [6.45, 7) is 0. The van der Waals surface area contributed by atoms with Crippen molar-refractivity contribution in [1.82, 2.24) is 4.98 Å². The largest absolute Gasteiger partial charge is 0.497 e. The van der Waals surface area contributed by atoms with Crippen LogP contribution in [0.25, 0.3) is 10.9 Å². The first kappa shape index (κ1) is 10.9. The van der Waals surface area contributed by atoms with Gasteiger partial charge in [-0.1, -0.05) is 30.3 Å². The molecule has 1 radical (unpaired) electrons. The number of ether oxygens (including phenoxy) is 1. The first-order valence-corrected chi connectivity index (χ1v) is 5.96. The number of hydrogen-bond acceptors (Lipinski definition) is 1. The van der Waals surface area contributed by atoms with Gasteiger partial charge in [-0.05, 0) is 35.7 Å². The molecular formula is C16H14NO. The molecule has 1 heterocycles. The van der Waals surface area contributed by atoms with Gasteiger partial charge in [-0.15, -0.1) is 0 Å². The van der Waals surface area contributed by atoms with E-state index in [2.05, 4.69) is 41.5 Å². The van der Waals surface area contributed by atoms with Gasteiger partial charge in [0, 0.05) is 10.9 Å². The number of benzene rings is 2. The zero-order valence-corrected chi connectivity index (χ0v) is 10.2. The summed E-state index contributed by atoms with van der Waals surface area (Å²) in [7, 11) is 1.69. The van der Waals surface area contributed by atoms with Crippen molar-refractivity contribution in [1.29, 1.82) is 0 Å². The lowest BCUT2D eigenvalue weighted by Gasteiger charge is -2.05. The van der Waals surface area contributed by atoms with Gasteiger partial charge in [0.1, 0.15) is 5.75 Å². The maximum absolute atomic E-state index is 5.17. The fourth-order valence-electron chi connectivity index (χ4n) is 2.19. The van der Waals surface area contributed by atoms with Crippen molar-refractivity contribution in [2.45, 2.75) is 6.42 Å². The van der Waals surface area contributed by atoms with Gasteiger partial charge in [-0.3, -0.25) is 0 Å². The molecule has 0 aliphatic heterocycles. The van der Waals surface area contributed by atoms with Gasteiger partial charge < -0.3 is 9.72 Å². The van der Waals surface area contributed by atoms with Gasteiger partial charge in [0.2, 0.25) is 0 Å². The Kier molecular flexibility index (Phi) is 2.77. The van der Waals surface area contributed by atoms with E-state index in [1.165, 1.54) is 22.0 Å². The number of H-pyrrole nitrogens is 1. The average Bonchev–Trinajstić information content (AvgIpc) is 2.89. The summed E-state index contributed by atoms with van der Waals surface area (Å²) in [4.78, 5) is 3.18. The second kappa shape index (κ2) is 4.57. The van der Waals surface area contributed by atoms with Crippen LogP contribution in [0.5, 0.6) is 5.75 Å². The minimum atomic E-state index is 0.894. The van der Waals surface area contributed by atoms with Crippen LogP contribution in [0, 0.1) is 6.20 Å². The number of aromatic amines is 1. The van der Waals surface area contributed by atoms with Crippen LogP contribution in [0.1, 0.15) is 11.1 Å². The lowest BCUT2D eigenvalue weighted by atomic mass is 10.0. The van der Waals surface area contributed by atoms with E-state index in [9.17, 15) is 0 Å². The van der Waals surface area contributed by atoms with E-state index in [0.717, 1.165) is 12.2 Å². The third kappa shape index (κ3) is 1.97. The van der Waals surface area contributed by atoms with Gasteiger partial charge in [0.25, 0.3) is 0 Å². The van der Waals surface area contributed by atoms with Gasteiger partial charge in [-0.2, -0.15) is 0 Å². The smallest absolute Gasteiger partial charge is 0.118 e. The number of rotatable bonds is 3.